The number of aromatic nitrogens is 2. The average molecular weight is 326 g/mol. The molecule has 0 amide bonds. The number of rotatable bonds is 4. The number of hydrogen-bond donors (Lipinski definition) is 0. The SMILES string of the molecule is CC(c1cccc2ncccc12)C(C=O)c1cccc2ncccc12. The van der Waals surface area contributed by atoms with Gasteiger partial charge in [-0.3, -0.25) is 9.97 Å². The molecule has 2 heterocycles. The van der Waals surface area contributed by atoms with Crippen LogP contribution in [-0.4, -0.2) is 16.3 Å². The lowest BCUT2D eigenvalue weighted by Gasteiger charge is -2.22. The van der Waals surface area contributed by atoms with Gasteiger partial charge in [-0.2, -0.15) is 0 Å². The van der Waals surface area contributed by atoms with Crippen molar-refractivity contribution in [3.63, 3.8) is 0 Å². The van der Waals surface area contributed by atoms with E-state index in [1.807, 2.05) is 48.5 Å². The molecular formula is C22H18N2O. The quantitative estimate of drug-likeness (QED) is 0.503. The molecule has 0 aliphatic heterocycles. The van der Waals surface area contributed by atoms with Crippen LogP contribution in [0.2, 0.25) is 0 Å². The molecule has 4 aromatic rings. The van der Waals surface area contributed by atoms with E-state index < -0.39 is 0 Å². The number of aldehydes is 1. The smallest absolute Gasteiger partial charge is 0.128 e. The zero-order valence-corrected chi connectivity index (χ0v) is 14.0. The summed E-state index contributed by atoms with van der Waals surface area (Å²) in [5.74, 6) is -0.199. The third-order valence-electron chi connectivity index (χ3n) is 4.89. The number of pyridine rings is 2. The molecule has 2 aromatic carbocycles. The van der Waals surface area contributed by atoms with Crippen LogP contribution in [0, 0.1) is 0 Å². The average Bonchev–Trinajstić information content (AvgIpc) is 2.68. The zero-order chi connectivity index (χ0) is 17.2. The largest absolute Gasteiger partial charge is 0.303 e. The molecule has 2 aromatic heterocycles. The second-order valence-corrected chi connectivity index (χ2v) is 6.29. The molecule has 3 heteroatoms. The van der Waals surface area contributed by atoms with Gasteiger partial charge in [0, 0.05) is 29.1 Å². The zero-order valence-electron chi connectivity index (χ0n) is 14.0. The Balaban J connectivity index is 1.87. The Morgan fingerprint density at radius 2 is 1.32 bits per heavy atom. The number of fused-ring (bicyclic) bond motifs is 2. The summed E-state index contributed by atoms with van der Waals surface area (Å²) in [6, 6.07) is 20.0. The number of hydrogen-bond acceptors (Lipinski definition) is 3. The van der Waals surface area contributed by atoms with Gasteiger partial charge in [0.05, 0.1) is 11.0 Å². The van der Waals surface area contributed by atoms with Gasteiger partial charge in [0.25, 0.3) is 0 Å². The summed E-state index contributed by atoms with van der Waals surface area (Å²) < 4.78 is 0. The molecule has 0 aliphatic carbocycles. The first-order chi connectivity index (χ1) is 12.3. The molecule has 2 atom stereocenters. The van der Waals surface area contributed by atoms with Crippen LogP contribution >= 0.6 is 0 Å². The molecule has 3 nitrogen and oxygen atoms in total. The molecule has 0 radical (unpaired) electrons. The molecule has 0 saturated heterocycles. The first-order valence-corrected chi connectivity index (χ1v) is 8.42. The van der Waals surface area contributed by atoms with Crippen molar-refractivity contribution in [3.05, 3.63) is 84.2 Å². The van der Waals surface area contributed by atoms with E-state index in [0.717, 1.165) is 39.2 Å². The van der Waals surface area contributed by atoms with Crippen molar-refractivity contribution in [2.75, 3.05) is 0 Å². The number of benzene rings is 2. The predicted octanol–water partition coefficient (Wildman–Crippen LogP) is 4.87. The molecule has 0 fully saturated rings. The van der Waals surface area contributed by atoms with Crippen LogP contribution in [0.4, 0.5) is 0 Å². The molecule has 4 rings (SSSR count). The van der Waals surface area contributed by atoms with Crippen LogP contribution in [0.15, 0.2) is 73.1 Å². The monoisotopic (exact) mass is 326 g/mol. The van der Waals surface area contributed by atoms with Crippen molar-refractivity contribution in [1.82, 2.24) is 9.97 Å². The van der Waals surface area contributed by atoms with E-state index in [4.69, 9.17) is 0 Å². The van der Waals surface area contributed by atoms with E-state index in [1.54, 1.807) is 12.4 Å². The molecule has 0 aliphatic rings. The lowest BCUT2D eigenvalue weighted by atomic mass is 9.81. The summed E-state index contributed by atoms with van der Waals surface area (Å²) in [5, 5.41) is 2.13. The maximum atomic E-state index is 12.1. The van der Waals surface area contributed by atoms with Gasteiger partial charge < -0.3 is 4.79 Å². The Bertz CT molecular complexity index is 1050. The molecule has 25 heavy (non-hydrogen) atoms. The van der Waals surface area contributed by atoms with Crippen LogP contribution < -0.4 is 0 Å². The fourth-order valence-corrected chi connectivity index (χ4v) is 3.60. The summed E-state index contributed by atoms with van der Waals surface area (Å²) >= 11 is 0. The Hall–Kier alpha value is -3.07. The van der Waals surface area contributed by atoms with Gasteiger partial charge in [0.1, 0.15) is 6.29 Å². The topological polar surface area (TPSA) is 42.9 Å². The predicted molar refractivity (Wildman–Crippen MR) is 101 cm³/mol. The van der Waals surface area contributed by atoms with Crippen molar-refractivity contribution in [3.8, 4) is 0 Å². The Morgan fingerprint density at radius 1 is 0.760 bits per heavy atom. The van der Waals surface area contributed by atoms with E-state index in [9.17, 15) is 4.79 Å². The molecule has 0 bridgehead atoms. The molecule has 122 valence electrons. The number of carbonyl (C=O) groups excluding carboxylic acids is 1. The van der Waals surface area contributed by atoms with Gasteiger partial charge in [0.15, 0.2) is 0 Å². The van der Waals surface area contributed by atoms with Crippen molar-refractivity contribution in [1.29, 1.82) is 0 Å². The first kappa shape index (κ1) is 15.5. The minimum atomic E-state index is -0.237. The second-order valence-electron chi connectivity index (χ2n) is 6.29. The van der Waals surface area contributed by atoms with Gasteiger partial charge in [-0.1, -0.05) is 43.3 Å². The van der Waals surface area contributed by atoms with Crippen LogP contribution in [0.25, 0.3) is 21.8 Å². The fraction of sp³-hybridized carbons (Fsp3) is 0.136. The van der Waals surface area contributed by atoms with E-state index in [1.165, 1.54) is 0 Å². The summed E-state index contributed by atoms with van der Waals surface area (Å²) in [6.45, 7) is 2.11. The van der Waals surface area contributed by atoms with E-state index in [0.29, 0.717) is 0 Å². The van der Waals surface area contributed by atoms with Gasteiger partial charge in [0.2, 0.25) is 0 Å². The maximum Gasteiger partial charge on any atom is 0.128 e. The lowest BCUT2D eigenvalue weighted by Crippen LogP contribution is -2.11. The van der Waals surface area contributed by atoms with Gasteiger partial charge in [-0.25, -0.2) is 0 Å². The minimum absolute atomic E-state index is 0.0382. The van der Waals surface area contributed by atoms with Gasteiger partial charge in [-0.15, -0.1) is 0 Å². The van der Waals surface area contributed by atoms with E-state index >= 15 is 0 Å². The summed E-state index contributed by atoms with van der Waals surface area (Å²) in [7, 11) is 0. The molecule has 0 saturated carbocycles. The van der Waals surface area contributed by atoms with Crippen molar-refractivity contribution >= 4 is 28.1 Å². The normalized spacial score (nSPS) is 13.6. The van der Waals surface area contributed by atoms with E-state index in [-0.39, 0.29) is 11.8 Å². The fourth-order valence-electron chi connectivity index (χ4n) is 3.60. The first-order valence-electron chi connectivity index (χ1n) is 8.42. The third-order valence-corrected chi connectivity index (χ3v) is 4.89. The molecule has 0 spiro atoms. The highest BCUT2D eigenvalue weighted by atomic mass is 16.1. The minimum Gasteiger partial charge on any atom is -0.303 e. The van der Waals surface area contributed by atoms with Crippen molar-refractivity contribution in [2.24, 2.45) is 0 Å². The highest BCUT2D eigenvalue weighted by Crippen LogP contribution is 2.37. The summed E-state index contributed by atoms with van der Waals surface area (Å²) in [5.41, 5.74) is 4.03. The van der Waals surface area contributed by atoms with Crippen LogP contribution in [0.1, 0.15) is 29.9 Å². The summed E-state index contributed by atoms with van der Waals surface area (Å²) in [4.78, 5) is 20.9. The Labute approximate surface area is 146 Å². The molecule has 2 unspecified atom stereocenters. The van der Waals surface area contributed by atoms with Crippen LogP contribution in [0.3, 0.4) is 0 Å². The van der Waals surface area contributed by atoms with Gasteiger partial charge >= 0.3 is 0 Å². The van der Waals surface area contributed by atoms with E-state index in [2.05, 4.69) is 29.0 Å². The highest BCUT2D eigenvalue weighted by Gasteiger charge is 2.23. The number of carbonyl (C=O) groups is 1. The number of nitrogens with zero attached hydrogens (tertiary/aromatic N) is 2. The Kier molecular flexibility index (Phi) is 3.98. The third kappa shape index (κ3) is 2.68. The van der Waals surface area contributed by atoms with Gasteiger partial charge in [-0.05, 0) is 41.3 Å². The Morgan fingerprint density at radius 3 is 1.92 bits per heavy atom. The molecule has 0 N–H and O–H groups in total. The maximum absolute atomic E-state index is 12.1. The van der Waals surface area contributed by atoms with Crippen LogP contribution in [0.5, 0.6) is 0 Å². The second kappa shape index (κ2) is 6.44. The van der Waals surface area contributed by atoms with Crippen molar-refractivity contribution < 1.29 is 4.79 Å². The lowest BCUT2D eigenvalue weighted by molar-refractivity contribution is -0.109. The molecular weight excluding hydrogens is 308 g/mol. The highest BCUT2D eigenvalue weighted by molar-refractivity contribution is 5.87. The standard InChI is InChI=1S/C22H18N2O/c1-15(16-6-2-10-21-18(16)8-4-12-23-21)20(14-25)17-7-3-11-22-19(17)9-5-13-24-22/h2-15,20H,1H3. The van der Waals surface area contributed by atoms with Crippen LogP contribution in [-0.2, 0) is 4.79 Å². The van der Waals surface area contributed by atoms with Crippen molar-refractivity contribution in [2.45, 2.75) is 18.8 Å². The summed E-state index contributed by atoms with van der Waals surface area (Å²) in [6.07, 6.45) is 4.63.